The van der Waals surface area contributed by atoms with Crippen LogP contribution in [0.5, 0.6) is 0 Å². The molecular weight excluding hydrogens is 643 g/mol. The van der Waals surface area contributed by atoms with E-state index in [9.17, 15) is 0 Å². The minimum Gasteiger partial charge on any atom is -1.00 e. The zero-order chi connectivity index (χ0) is 29.6. The van der Waals surface area contributed by atoms with Gasteiger partial charge in [-0.1, -0.05) is 101 Å². The van der Waals surface area contributed by atoms with Gasteiger partial charge in [-0.2, -0.15) is 11.6 Å². The second-order valence-electron chi connectivity index (χ2n) is 13.8. The van der Waals surface area contributed by atoms with Crippen molar-refractivity contribution in [2.75, 3.05) is 0 Å². The summed E-state index contributed by atoms with van der Waals surface area (Å²) in [6.45, 7) is 18.0. The molecular formula is C40H42Cl2Zr-2. The predicted molar refractivity (Wildman–Crippen MR) is 177 cm³/mol. The first-order valence-electron chi connectivity index (χ1n) is 14.7. The van der Waals surface area contributed by atoms with E-state index in [1.165, 1.54) is 82.4 Å². The third kappa shape index (κ3) is 7.56. The van der Waals surface area contributed by atoms with E-state index in [1.807, 2.05) is 6.07 Å². The minimum absolute atomic E-state index is 0. The SMILES string of the molecule is CC(C)(C)C1=CC[C-]=C1.CC1(C)C=Cc2cc3c(cc21)[cH-]c1cc2c(cc13)C=CC2(C)C.C[C](=[Zr+2])c1ccccc1.[Cl-].[Cl-]. The van der Waals surface area contributed by atoms with Crippen LogP contribution in [-0.2, 0) is 35.1 Å². The number of rotatable bonds is 1. The van der Waals surface area contributed by atoms with Crippen LogP contribution in [0.2, 0.25) is 0 Å². The number of allylic oxidation sites excluding steroid dienone is 6. The van der Waals surface area contributed by atoms with Crippen molar-refractivity contribution in [3.63, 3.8) is 0 Å². The summed E-state index contributed by atoms with van der Waals surface area (Å²) in [6, 6.07) is 22.4. The molecule has 0 unspecified atom stereocenters. The minimum atomic E-state index is 0. The molecule has 0 fully saturated rings. The zero-order valence-corrected chi connectivity index (χ0v) is 30.7. The van der Waals surface area contributed by atoms with E-state index in [0.717, 1.165) is 6.42 Å². The third-order valence-corrected chi connectivity index (χ3v) is 9.27. The van der Waals surface area contributed by atoms with E-state index in [0.29, 0.717) is 5.41 Å². The van der Waals surface area contributed by atoms with Gasteiger partial charge in [0.05, 0.1) is 0 Å². The zero-order valence-electron chi connectivity index (χ0n) is 26.7. The van der Waals surface area contributed by atoms with Gasteiger partial charge in [0.15, 0.2) is 0 Å². The average Bonchev–Trinajstić information content (AvgIpc) is 3.70. The summed E-state index contributed by atoms with van der Waals surface area (Å²) in [5, 5.41) is 5.53. The molecule has 7 rings (SSSR count). The van der Waals surface area contributed by atoms with Gasteiger partial charge < -0.3 is 24.8 Å². The summed E-state index contributed by atoms with van der Waals surface area (Å²) >= 11 is 1.51. The van der Waals surface area contributed by atoms with Crippen molar-refractivity contribution in [1.82, 2.24) is 0 Å². The van der Waals surface area contributed by atoms with Gasteiger partial charge in [-0.3, -0.25) is 6.08 Å². The van der Waals surface area contributed by atoms with Crippen molar-refractivity contribution in [2.24, 2.45) is 5.41 Å². The Morgan fingerprint density at radius 1 is 0.791 bits per heavy atom. The maximum absolute atomic E-state index is 3.16. The monoisotopic (exact) mass is 682 g/mol. The van der Waals surface area contributed by atoms with E-state index in [4.69, 9.17) is 0 Å². The van der Waals surface area contributed by atoms with Crippen LogP contribution >= 0.6 is 0 Å². The first kappa shape index (κ1) is 35.3. The molecule has 3 aliphatic carbocycles. The molecule has 3 heteroatoms. The van der Waals surface area contributed by atoms with Crippen LogP contribution in [0.25, 0.3) is 33.7 Å². The summed E-state index contributed by atoms with van der Waals surface area (Å²) in [6.07, 6.45) is 17.7. The number of benzene rings is 3. The molecule has 0 aromatic heterocycles. The fourth-order valence-electron chi connectivity index (χ4n) is 5.91. The Balaban J connectivity index is 0.000000211. The molecule has 0 amide bonds. The fraction of sp³-hybridized carbons (Fsp3) is 0.300. The first-order valence-corrected chi connectivity index (χ1v) is 16.0. The topological polar surface area (TPSA) is 0 Å². The Hall–Kier alpha value is -2.18. The quantitative estimate of drug-likeness (QED) is 0.253. The summed E-state index contributed by atoms with van der Waals surface area (Å²) in [5.41, 5.74) is 9.08. The molecule has 0 aliphatic heterocycles. The van der Waals surface area contributed by atoms with Gasteiger partial charge in [-0.25, -0.2) is 6.08 Å². The van der Waals surface area contributed by atoms with E-state index in [2.05, 4.69) is 153 Å². The van der Waals surface area contributed by atoms with Crippen molar-refractivity contribution < 1.29 is 49.0 Å². The second-order valence-corrected chi connectivity index (χ2v) is 15.6. The number of fused-ring (bicyclic) bond motifs is 5. The van der Waals surface area contributed by atoms with Gasteiger partial charge in [0.25, 0.3) is 0 Å². The van der Waals surface area contributed by atoms with Gasteiger partial charge in [0.1, 0.15) is 0 Å². The van der Waals surface area contributed by atoms with Crippen molar-refractivity contribution in [3.05, 3.63) is 124 Å². The molecule has 0 saturated heterocycles. The molecule has 0 radical (unpaired) electrons. The average molecular weight is 685 g/mol. The summed E-state index contributed by atoms with van der Waals surface area (Å²) in [4.78, 5) is 0. The molecule has 4 aromatic carbocycles. The van der Waals surface area contributed by atoms with Gasteiger partial charge >= 0.3 is 70.3 Å². The van der Waals surface area contributed by atoms with Gasteiger partial charge in [0, 0.05) is 10.8 Å². The smallest absolute Gasteiger partial charge is 1.00 e. The predicted octanol–water partition coefficient (Wildman–Crippen LogP) is 4.82. The van der Waals surface area contributed by atoms with Gasteiger partial charge in [-0.05, 0) is 11.1 Å². The molecule has 0 bridgehead atoms. The van der Waals surface area contributed by atoms with Crippen LogP contribution in [0, 0.1) is 11.5 Å². The van der Waals surface area contributed by atoms with Crippen molar-refractivity contribution in [2.45, 2.75) is 72.6 Å². The normalized spacial score (nSPS) is 16.3. The summed E-state index contributed by atoms with van der Waals surface area (Å²) in [5.74, 6) is 0. The maximum Gasteiger partial charge on any atom is -1.00 e. The fourth-order valence-corrected chi connectivity index (χ4v) is 6.32. The van der Waals surface area contributed by atoms with Gasteiger partial charge in [0.2, 0.25) is 0 Å². The molecule has 0 saturated carbocycles. The van der Waals surface area contributed by atoms with Crippen molar-refractivity contribution >= 4 is 36.9 Å². The maximum atomic E-state index is 3.16. The van der Waals surface area contributed by atoms with Gasteiger partial charge in [-0.15, -0.1) is 46.2 Å². The standard InChI is InChI=1S/C23H21.C9H13.C8H8.2ClH.Zr/c1-22(2)7-5-14-10-18-16(12-20(14)22)9-17-13-21-15(11-19(17)18)6-8-23(21,3)4;1-9(2,3)8-6-4-5-7-8;1-2-8-6-4-3-5-7-8;;;/h5-13H,1-4H3;6-7H,4H2,1-3H3;3-7H,1H3;2*1H;/q2*-1;;;;+2/p-2. The number of hydrogen-bond acceptors (Lipinski definition) is 0. The Labute approximate surface area is 286 Å². The van der Waals surface area contributed by atoms with E-state index < -0.39 is 0 Å². The largest absolute Gasteiger partial charge is 1.00 e. The molecule has 0 spiro atoms. The van der Waals surface area contributed by atoms with Crippen LogP contribution in [0.3, 0.4) is 0 Å². The first-order chi connectivity index (χ1) is 19.3. The molecule has 43 heavy (non-hydrogen) atoms. The van der Waals surface area contributed by atoms with E-state index in [-0.39, 0.29) is 35.6 Å². The Bertz CT molecular complexity index is 1670. The van der Waals surface area contributed by atoms with Crippen LogP contribution in [0.1, 0.15) is 89.6 Å². The molecule has 0 nitrogen and oxygen atoms in total. The van der Waals surface area contributed by atoms with Crippen LogP contribution in [0.15, 0.2) is 90.5 Å². The second kappa shape index (κ2) is 13.4. The van der Waals surface area contributed by atoms with E-state index in [1.54, 1.807) is 0 Å². The number of hydrogen-bond donors (Lipinski definition) is 0. The molecule has 4 aromatic rings. The van der Waals surface area contributed by atoms with Crippen LogP contribution in [-0.4, -0.2) is 3.21 Å². The summed E-state index contributed by atoms with van der Waals surface area (Å²) < 4.78 is 1.46. The van der Waals surface area contributed by atoms with Crippen LogP contribution < -0.4 is 24.8 Å². The Morgan fingerprint density at radius 3 is 1.63 bits per heavy atom. The Kier molecular flexibility index (Phi) is 11.0. The van der Waals surface area contributed by atoms with Crippen molar-refractivity contribution in [1.29, 1.82) is 0 Å². The number of halogens is 2. The molecule has 222 valence electrons. The molecule has 0 heterocycles. The van der Waals surface area contributed by atoms with Crippen molar-refractivity contribution in [3.8, 4) is 0 Å². The molecule has 0 atom stereocenters. The third-order valence-electron chi connectivity index (χ3n) is 8.56. The van der Waals surface area contributed by atoms with Crippen LogP contribution in [0.4, 0.5) is 0 Å². The Morgan fingerprint density at radius 2 is 1.28 bits per heavy atom. The molecule has 3 aliphatic rings. The van der Waals surface area contributed by atoms with E-state index >= 15 is 0 Å². The summed E-state index contributed by atoms with van der Waals surface area (Å²) in [7, 11) is 0. The molecule has 0 N–H and O–H groups in total.